The number of aromatic nitrogens is 4. The van der Waals surface area contributed by atoms with Crippen LogP contribution in [0, 0.1) is 13.8 Å². The van der Waals surface area contributed by atoms with Crippen LogP contribution in [0.1, 0.15) is 121 Å². The van der Waals surface area contributed by atoms with Gasteiger partial charge in [0.1, 0.15) is 43.7 Å². The van der Waals surface area contributed by atoms with Gasteiger partial charge >= 0.3 is 12.1 Å². The van der Waals surface area contributed by atoms with E-state index in [9.17, 15) is 28.0 Å². The van der Waals surface area contributed by atoms with E-state index in [0.29, 0.717) is 114 Å². The van der Waals surface area contributed by atoms with Crippen LogP contribution in [0.5, 0.6) is 28.7 Å². The van der Waals surface area contributed by atoms with Crippen LogP contribution in [-0.4, -0.2) is 150 Å². The summed E-state index contributed by atoms with van der Waals surface area (Å²) < 4.78 is 61.0. The Morgan fingerprint density at radius 2 is 0.947 bits per heavy atom. The molecule has 2 N–H and O–H groups in total. The summed E-state index contributed by atoms with van der Waals surface area (Å²) >= 11 is 0. The first-order valence-electron chi connectivity index (χ1n) is 39.6. The summed E-state index contributed by atoms with van der Waals surface area (Å²) in [5, 5.41) is 13.9. The maximum Gasteiger partial charge on any atom is 0.317 e. The van der Waals surface area contributed by atoms with Crippen LogP contribution in [-0.2, 0) is 62.7 Å². The molecule has 0 unspecified atom stereocenters. The SMILES string of the molecule is CCC(=O)N1CCOc2ccc(N3CCCc4cc(-c5cnn(C)c5)c(C(F)F)cc43)cc2C1.CCC(=O)N1CCOc2ccc(N3CCCc4cc(-c5cnn(C)c5)ccc43)cc2C1.CNC(=O)N1CCOc2c(cc(-c3ccccc3C)cc2C(C)C)C1.CNC(=O)N1CCOc2c(cc(-c3ccccc3C)cc2OC)C1. The summed E-state index contributed by atoms with van der Waals surface area (Å²) in [6.07, 6.45) is 9.67. The Morgan fingerprint density at radius 3 is 1.45 bits per heavy atom. The van der Waals surface area contributed by atoms with E-state index >= 15 is 0 Å². The number of carbonyl (C=O) groups excluding carboxylic acids is 4. The number of halogens is 2. The third-order valence-electron chi connectivity index (χ3n) is 21.9. The van der Waals surface area contributed by atoms with Crippen molar-refractivity contribution in [2.24, 2.45) is 14.1 Å². The van der Waals surface area contributed by atoms with Gasteiger partial charge in [0, 0.05) is 141 Å². The number of benzene rings is 8. The molecule has 6 aliphatic rings. The number of anilines is 4. The number of rotatable bonds is 11. The number of amides is 6. The number of ether oxygens (including phenoxy) is 5. The van der Waals surface area contributed by atoms with Crippen LogP contribution in [0.15, 0.2) is 164 Å². The number of aryl methyl sites for hydroxylation is 6. The minimum atomic E-state index is -2.60. The number of alkyl halides is 2. The Morgan fingerprint density at radius 1 is 0.474 bits per heavy atom. The highest BCUT2D eigenvalue weighted by atomic mass is 19.3. The molecule has 23 heteroatoms. The highest BCUT2D eigenvalue weighted by Crippen LogP contribution is 2.45. The fraction of sp³-hybridized carbons (Fsp3) is 0.363. The smallest absolute Gasteiger partial charge is 0.317 e. The van der Waals surface area contributed by atoms with Gasteiger partial charge in [-0.3, -0.25) is 19.0 Å². The van der Waals surface area contributed by atoms with Crippen molar-refractivity contribution in [3.63, 3.8) is 0 Å². The van der Waals surface area contributed by atoms with Crippen LogP contribution in [0.2, 0.25) is 0 Å². The highest BCUT2D eigenvalue weighted by Gasteiger charge is 2.31. The maximum absolute atomic E-state index is 14.1. The maximum atomic E-state index is 14.1. The minimum Gasteiger partial charge on any atom is -0.493 e. The average Bonchev–Trinajstić information content (AvgIpc) is 1.12. The van der Waals surface area contributed by atoms with E-state index < -0.39 is 6.43 Å². The van der Waals surface area contributed by atoms with Gasteiger partial charge in [0.15, 0.2) is 11.5 Å². The first-order valence-corrected chi connectivity index (χ1v) is 39.6. The Kier molecular flexibility index (Phi) is 25.5. The lowest BCUT2D eigenvalue weighted by atomic mass is 9.91. The topological polar surface area (TPSA) is 194 Å². The number of nitrogens with zero attached hydrogens (tertiary/aromatic N) is 10. The van der Waals surface area contributed by atoms with Crippen molar-refractivity contribution in [1.29, 1.82) is 0 Å². The van der Waals surface area contributed by atoms with Gasteiger partial charge in [-0.25, -0.2) is 18.4 Å². The quantitative estimate of drug-likeness (QED) is 0.124. The number of urea groups is 2. The molecule has 6 amide bonds. The van der Waals surface area contributed by atoms with E-state index in [2.05, 4.69) is 156 Å². The first kappa shape index (κ1) is 80.2. The van der Waals surface area contributed by atoms with Crippen molar-refractivity contribution in [3.8, 4) is 73.3 Å². The van der Waals surface area contributed by atoms with Crippen LogP contribution in [0.25, 0.3) is 44.5 Å². The van der Waals surface area contributed by atoms with Gasteiger partial charge in [0.25, 0.3) is 6.43 Å². The number of hydrogen-bond donors (Lipinski definition) is 2. The average molecular weight is 1550 g/mol. The van der Waals surface area contributed by atoms with Gasteiger partial charge < -0.3 is 63.7 Å². The third kappa shape index (κ3) is 18.1. The lowest BCUT2D eigenvalue weighted by Gasteiger charge is -2.33. The first-order chi connectivity index (χ1) is 55.2. The zero-order valence-corrected chi connectivity index (χ0v) is 67.3. The predicted octanol–water partition coefficient (Wildman–Crippen LogP) is 17.1. The van der Waals surface area contributed by atoms with E-state index in [1.54, 1.807) is 61.2 Å². The minimum absolute atomic E-state index is 0.0106. The van der Waals surface area contributed by atoms with Crippen molar-refractivity contribution in [2.45, 2.75) is 119 Å². The second kappa shape index (κ2) is 36.3. The molecule has 0 bridgehead atoms. The monoisotopic (exact) mass is 1550 g/mol. The Labute approximate surface area is 667 Å². The second-order valence-electron chi connectivity index (χ2n) is 29.8. The number of nitrogens with one attached hydrogen (secondary N) is 2. The Bertz CT molecular complexity index is 5130. The van der Waals surface area contributed by atoms with E-state index in [0.717, 1.165) is 123 Å². The van der Waals surface area contributed by atoms with Crippen molar-refractivity contribution < 1.29 is 51.6 Å². The van der Waals surface area contributed by atoms with Crippen LogP contribution < -0.4 is 44.1 Å². The second-order valence-corrected chi connectivity index (χ2v) is 29.8. The van der Waals surface area contributed by atoms with Gasteiger partial charge in [-0.05, 0) is 192 Å². The molecular weight excluding hydrogens is 1440 g/mol. The third-order valence-corrected chi connectivity index (χ3v) is 21.9. The molecule has 2 aromatic heterocycles. The molecule has 8 aromatic carbocycles. The Hall–Kier alpha value is -11.9. The molecule has 10 aromatic rings. The van der Waals surface area contributed by atoms with Gasteiger partial charge in [-0.15, -0.1) is 0 Å². The summed E-state index contributed by atoms with van der Waals surface area (Å²) in [6.45, 7) is 20.5. The van der Waals surface area contributed by atoms with E-state index in [-0.39, 0.29) is 29.4 Å². The molecule has 0 saturated carbocycles. The molecule has 0 fully saturated rings. The van der Waals surface area contributed by atoms with Crippen molar-refractivity contribution in [2.75, 3.05) is 96.7 Å². The van der Waals surface area contributed by atoms with Crippen LogP contribution >= 0.6 is 0 Å². The largest absolute Gasteiger partial charge is 0.493 e. The number of methoxy groups -OCH3 is 1. The summed E-state index contributed by atoms with van der Waals surface area (Å²) in [5.41, 5.74) is 22.4. The van der Waals surface area contributed by atoms with Crippen molar-refractivity contribution in [1.82, 2.24) is 49.8 Å². The zero-order valence-electron chi connectivity index (χ0n) is 67.3. The van der Waals surface area contributed by atoms with Gasteiger partial charge in [-0.1, -0.05) is 82.3 Å². The molecule has 16 rings (SSSR count). The highest BCUT2D eigenvalue weighted by molar-refractivity contribution is 5.82. The summed E-state index contributed by atoms with van der Waals surface area (Å²) in [5.74, 6) is 4.64. The lowest BCUT2D eigenvalue weighted by molar-refractivity contribution is -0.132. The number of hydrogen-bond acceptors (Lipinski definition) is 13. The lowest BCUT2D eigenvalue weighted by Crippen LogP contribution is -2.38. The molecule has 0 aliphatic carbocycles. The molecule has 0 atom stereocenters. The molecule has 114 heavy (non-hydrogen) atoms. The molecule has 0 saturated heterocycles. The molecule has 0 radical (unpaired) electrons. The van der Waals surface area contributed by atoms with Gasteiger partial charge in [-0.2, -0.15) is 10.2 Å². The van der Waals surface area contributed by atoms with Gasteiger partial charge in [0.05, 0.1) is 58.8 Å². The fourth-order valence-corrected chi connectivity index (χ4v) is 15.9. The zero-order chi connectivity index (χ0) is 80.3. The number of carbonyl (C=O) groups is 4. The molecule has 6 aliphatic heterocycles. The van der Waals surface area contributed by atoms with E-state index in [4.69, 9.17) is 23.7 Å². The normalized spacial score (nSPS) is 14.8. The van der Waals surface area contributed by atoms with Crippen molar-refractivity contribution in [3.05, 3.63) is 220 Å². The Balaban J connectivity index is 0.000000134. The molecule has 0 spiro atoms. The fourth-order valence-electron chi connectivity index (χ4n) is 15.9. The molecule has 596 valence electrons. The summed E-state index contributed by atoms with van der Waals surface area (Å²) in [6, 6.07) is 47.5. The van der Waals surface area contributed by atoms with Crippen LogP contribution in [0.4, 0.5) is 41.1 Å². The van der Waals surface area contributed by atoms with E-state index in [1.807, 2.05) is 84.0 Å². The predicted molar refractivity (Wildman–Crippen MR) is 443 cm³/mol. The van der Waals surface area contributed by atoms with Gasteiger partial charge in [0.2, 0.25) is 11.8 Å². The van der Waals surface area contributed by atoms with Crippen LogP contribution in [0.3, 0.4) is 0 Å². The molecule has 21 nitrogen and oxygen atoms in total. The van der Waals surface area contributed by atoms with Crippen molar-refractivity contribution >= 4 is 46.6 Å². The van der Waals surface area contributed by atoms with E-state index in [1.165, 1.54) is 44.6 Å². The molecular formula is C91H104F2N12O9. The molecule has 8 heterocycles. The standard InChI is InChI=1S/C26H28F2N4O2.C25H28N4O2.C21H26N2O2.C19H22N2O3/c1-3-25(33)31-9-10-34-24-7-6-20(11-18(24)16-31)32-8-4-5-17-12-21(19-14-29-30(2)15-19)22(26(27)28)13-23(17)32;1-3-25(30)28-11-12-31-24-9-7-22(14-20(24)17-28)29-10-4-5-19-13-18(6-8-23(19)29)21-15-26-27(2)16-21;1-14(2)19-12-16(18-8-6-5-7-15(18)3)11-17-13-23(21(24)22-4)9-10-25-20(17)19;1-13-6-4-5-7-16(13)14-10-15-12-21(19(22)20-2)8-9-24-18(15)17(11-14)23-3/h6-7,11-15,26H,3-5,8-10,16H2,1-2H3;6-9,13-16H,3-5,10-12,17H2,1-2H3;5-8,11-12,14H,9-10,13H2,1-4H3,(H,22,24);4-7,10-11H,8-9,12H2,1-3H3,(H,20,22). The summed E-state index contributed by atoms with van der Waals surface area (Å²) in [7, 11) is 8.67. The summed E-state index contributed by atoms with van der Waals surface area (Å²) in [4.78, 5) is 60.5. The number of fused-ring (bicyclic) bond motifs is 6.